The Bertz CT molecular complexity index is 442. The first-order chi connectivity index (χ1) is 9.76. The number of likely N-dealkylation sites (tertiary alicyclic amines) is 1. The Kier molecular flexibility index (Phi) is 5.35. The Morgan fingerprint density at radius 1 is 1.50 bits per heavy atom. The second kappa shape index (κ2) is 7.24. The number of aromatic nitrogens is 1. The van der Waals surface area contributed by atoms with Crippen molar-refractivity contribution < 1.29 is 9.53 Å². The number of carbonyl (C=O) groups excluding carboxylic acids is 1. The van der Waals surface area contributed by atoms with E-state index in [0.29, 0.717) is 5.56 Å². The molecule has 0 radical (unpaired) electrons. The van der Waals surface area contributed by atoms with Crippen molar-refractivity contribution in [3.8, 4) is 0 Å². The molecule has 0 bridgehead atoms. The number of nitrogens with one attached hydrogen (secondary N) is 1. The molecule has 0 saturated carbocycles. The van der Waals surface area contributed by atoms with Crippen LogP contribution in [-0.4, -0.2) is 48.6 Å². The zero-order valence-electron chi connectivity index (χ0n) is 12.3. The van der Waals surface area contributed by atoms with Crippen molar-refractivity contribution in [2.24, 2.45) is 0 Å². The predicted octanol–water partition coefficient (Wildman–Crippen LogP) is 2.15. The lowest BCUT2D eigenvalue weighted by atomic mass is 10.1. The van der Waals surface area contributed by atoms with Gasteiger partial charge in [0.2, 0.25) is 0 Å². The van der Waals surface area contributed by atoms with Crippen LogP contribution in [0.2, 0.25) is 0 Å². The van der Waals surface area contributed by atoms with E-state index >= 15 is 0 Å². The summed E-state index contributed by atoms with van der Waals surface area (Å²) in [5.41, 5.74) is 1.54. The second-order valence-corrected chi connectivity index (χ2v) is 5.08. The maximum Gasteiger partial charge on any atom is 0.257 e. The number of hydrogen-bond donors (Lipinski definition) is 1. The van der Waals surface area contributed by atoms with Gasteiger partial charge in [-0.25, -0.2) is 0 Å². The van der Waals surface area contributed by atoms with Gasteiger partial charge in [-0.15, -0.1) is 0 Å². The number of anilines is 1. The molecule has 1 amide bonds. The number of nitrogens with zero attached hydrogens (tertiary/aromatic N) is 2. The quantitative estimate of drug-likeness (QED) is 0.896. The first kappa shape index (κ1) is 14.8. The molecule has 1 fully saturated rings. The number of ether oxygens (including phenoxy) is 1. The first-order valence-corrected chi connectivity index (χ1v) is 7.26. The van der Waals surface area contributed by atoms with E-state index in [1.54, 1.807) is 19.5 Å². The summed E-state index contributed by atoms with van der Waals surface area (Å²) in [6, 6.07) is 1.87. The lowest BCUT2D eigenvalue weighted by molar-refractivity contribution is 0.0351. The molecule has 1 aliphatic rings. The molecular formula is C15H23N3O2. The number of methoxy groups -OCH3 is 1. The number of amides is 1. The van der Waals surface area contributed by atoms with Crippen molar-refractivity contribution in [3.05, 3.63) is 24.0 Å². The highest BCUT2D eigenvalue weighted by atomic mass is 16.5. The lowest BCUT2D eigenvalue weighted by Gasteiger charge is -2.31. The average molecular weight is 277 g/mol. The summed E-state index contributed by atoms with van der Waals surface area (Å²) in [5, 5.41) is 3.29. The van der Waals surface area contributed by atoms with Gasteiger partial charge in [0.1, 0.15) is 0 Å². The molecule has 20 heavy (non-hydrogen) atoms. The monoisotopic (exact) mass is 277 g/mol. The summed E-state index contributed by atoms with van der Waals surface area (Å²) in [6.45, 7) is 4.46. The summed E-state index contributed by atoms with van der Waals surface area (Å²) in [4.78, 5) is 18.6. The first-order valence-electron chi connectivity index (χ1n) is 7.26. The van der Waals surface area contributed by atoms with Gasteiger partial charge in [-0.3, -0.25) is 9.78 Å². The number of pyridine rings is 1. The molecule has 1 saturated heterocycles. The van der Waals surface area contributed by atoms with Crippen LogP contribution in [0.15, 0.2) is 18.5 Å². The van der Waals surface area contributed by atoms with Crippen molar-refractivity contribution in [1.29, 1.82) is 0 Å². The molecule has 2 heterocycles. The van der Waals surface area contributed by atoms with Crippen LogP contribution in [0.4, 0.5) is 5.69 Å². The van der Waals surface area contributed by atoms with E-state index in [1.807, 2.05) is 11.0 Å². The highest BCUT2D eigenvalue weighted by Gasteiger charge is 2.24. The topological polar surface area (TPSA) is 54.5 Å². The second-order valence-electron chi connectivity index (χ2n) is 5.08. The van der Waals surface area contributed by atoms with Gasteiger partial charge >= 0.3 is 0 Å². The smallest absolute Gasteiger partial charge is 0.257 e. The summed E-state index contributed by atoms with van der Waals surface area (Å²) in [5.74, 6) is 0.0613. The summed E-state index contributed by atoms with van der Waals surface area (Å²) in [7, 11) is 1.73. The highest BCUT2D eigenvalue weighted by molar-refractivity contribution is 5.99. The zero-order chi connectivity index (χ0) is 14.4. The zero-order valence-corrected chi connectivity index (χ0v) is 12.3. The third kappa shape index (κ3) is 3.48. The van der Waals surface area contributed by atoms with Gasteiger partial charge in [0.25, 0.3) is 5.91 Å². The maximum atomic E-state index is 12.6. The Balaban J connectivity index is 2.05. The van der Waals surface area contributed by atoms with Gasteiger partial charge in [-0.1, -0.05) is 6.92 Å². The van der Waals surface area contributed by atoms with Crippen LogP contribution in [0.25, 0.3) is 0 Å². The third-order valence-corrected chi connectivity index (χ3v) is 3.68. The van der Waals surface area contributed by atoms with E-state index in [0.717, 1.165) is 44.6 Å². The van der Waals surface area contributed by atoms with Crippen LogP contribution in [0.5, 0.6) is 0 Å². The Labute approximate surface area is 120 Å². The standard InChI is InChI=1S/C15H23N3O2/c1-3-7-17-14-4-8-16-11-13(14)15(19)18-9-5-12(20-2)6-10-18/h4,8,11-12H,3,5-7,9-10H2,1-2H3,(H,16,17). The van der Waals surface area contributed by atoms with Gasteiger partial charge in [0, 0.05) is 39.1 Å². The van der Waals surface area contributed by atoms with Gasteiger partial charge in [-0.2, -0.15) is 0 Å². The molecule has 0 spiro atoms. The maximum absolute atomic E-state index is 12.6. The molecule has 1 N–H and O–H groups in total. The average Bonchev–Trinajstić information content (AvgIpc) is 2.52. The van der Waals surface area contributed by atoms with Crippen LogP contribution in [0.1, 0.15) is 36.5 Å². The van der Waals surface area contributed by atoms with Crippen molar-refractivity contribution >= 4 is 11.6 Å². The fourth-order valence-corrected chi connectivity index (χ4v) is 2.44. The minimum Gasteiger partial charge on any atom is -0.384 e. The summed E-state index contributed by atoms with van der Waals surface area (Å²) < 4.78 is 5.34. The van der Waals surface area contributed by atoms with Crippen LogP contribution in [-0.2, 0) is 4.74 Å². The molecule has 1 aromatic rings. The highest BCUT2D eigenvalue weighted by Crippen LogP contribution is 2.20. The molecule has 1 aliphatic heterocycles. The normalized spacial score (nSPS) is 16.2. The minimum absolute atomic E-state index is 0.0613. The lowest BCUT2D eigenvalue weighted by Crippen LogP contribution is -2.40. The van der Waals surface area contributed by atoms with Crippen molar-refractivity contribution in [2.45, 2.75) is 32.3 Å². The molecule has 5 nitrogen and oxygen atoms in total. The van der Waals surface area contributed by atoms with E-state index in [9.17, 15) is 4.79 Å². The third-order valence-electron chi connectivity index (χ3n) is 3.68. The van der Waals surface area contributed by atoms with Crippen LogP contribution < -0.4 is 5.32 Å². The molecule has 0 atom stereocenters. The molecule has 5 heteroatoms. The Morgan fingerprint density at radius 2 is 2.25 bits per heavy atom. The van der Waals surface area contributed by atoms with Crippen molar-refractivity contribution in [1.82, 2.24) is 9.88 Å². The number of piperidine rings is 1. The van der Waals surface area contributed by atoms with Crippen LogP contribution in [0.3, 0.4) is 0 Å². The molecule has 0 aliphatic carbocycles. The Hall–Kier alpha value is -1.62. The predicted molar refractivity (Wildman–Crippen MR) is 79.0 cm³/mol. The Morgan fingerprint density at radius 3 is 2.90 bits per heavy atom. The van der Waals surface area contributed by atoms with Gasteiger partial charge in [-0.05, 0) is 25.3 Å². The summed E-state index contributed by atoms with van der Waals surface area (Å²) in [6.07, 6.45) is 6.48. The number of rotatable bonds is 5. The number of carbonyl (C=O) groups is 1. The van der Waals surface area contributed by atoms with E-state index in [1.165, 1.54) is 0 Å². The molecule has 0 aromatic carbocycles. The SMILES string of the molecule is CCCNc1ccncc1C(=O)N1CCC(OC)CC1. The fraction of sp³-hybridized carbons (Fsp3) is 0.600. The molecule has 1 aromatic heterocycles. The minimum atomic E-state index is 0.0613. The molecular weight excluding hydrogens is 254 g/mol. The van der Waals surface area contributed by atoms with E-state index in [2.05, 4.69) is 17.2 Å². The van der Waals surface area contributed by atoms with Crippen LogP contribution in [0, 0.1) is 0 Å². The molecule has 2 rings (SSSR count). The summed E-state index contributed by atoms with van der Waals surface area (Å²) >= 11 is 0. The fourth-order valence-electron chi connectivity index (χ4n) is 2.44. The van der Waals surface area contributed by atoms with Crippen LogP contribution >= 0.6 is 0 Å². The largest absolute Gasteiger partial charge is 0.384 e. The molecule has 0 unspecified atom stereocenters. The van der Waals surface area contributed by atoms with Gasteiger partial charge in [0.15, 0.2) is 0 Å². The number of hydrogen-bond acceptors (Lipinski definition) is 4. The van der Waals surface area contributed by atoms with Gasteiger partial charge < -0.3 is 15.0 Å². The van der Waals surface area contributed by atoms with Crippen molar-refractivity contribution in [3.63, 3.8) is 0 Å². The van der Waals surface area contributed by atoms with E-state index < -0.39 is 0 Å². The van der Waals surface area contributed by atoms with Crippen molar-refractivity contribution in [2.75, 3.05) is 32.1 Å². The van der Waals surface area contributed by atoms with E-state index in [4.69, 9.17) is 4.74 Å². The van der Waals surface area contributed by atoms with E-state index in [-0.39, 0.29) is 12.0 Å². The van der Waals surface area contributed by atoms with Gasteiger partial charge in [0.05, 0.1) is 17.4 Å². The molecule has 110 valence electrons.